The van der Waals surface area contributed by atoms with Gasteiger partial charge < -0.3 is 15.4 Å². The summed E-state index contributed by atoms with van der Waals surface area (Å²) in [6, 6.07) is 3.70. The van der Waals surface area contributed by atoms with Gasteiger partial charge in [-0.2, -0.15) is 0 Å². The number of nitrogens with two attached hydrogens (primary N) is 1. The highest BCUT2D eigenvalue weighted by molar-refractivity contribution is 5.77. The monoisotopic (exact) mass is 251 g/mol. The molecule has 1 unspecified atom stereocenters. The van der Waals surface area contributed by atoms with Crippen LogP contribution >= 0.6 is 0 Å². The predicted octanol–water partition coefficient (Wildman–Crippen LogP) is 0.747. The van der Waals surface area contributed by atoms with Gasteiger partial charge in [0.1, 0.15) is 5.75 Å². The summed E-state index contributed by atoms with van der Waals surface area (Å²) in [7, 11) is 3.39. The van der Waals surface area contributed by atoms with Gasteiger partial charge in [0.25, 0.3) is 5.91 Å². The van der Waals surface area contributed by atoms with Crippen molar-refractivity contribution in [2.45, 2.75) is 26.3 Å². The summed E-state index contributed by atoms with van der Waals surface area (Å²) in [5.41, 5.74) is 7.49. The first-order valence-electron chi connectivity index (χ1n) is 5.95. The van der Waals surface area contributed by atoms with Crippen molar-refractivity contribution in [1.29, 1.82) is 0 Å². The van der Waals surface area contributed by atoms with Crippen molar-refractivity contribution >= 4 is 5.91 Å². The third-order valence-corrected chi connectivity index (χ3v) is 2.44. The van der Waals surface area contributed by atoms with Crippen LogP contribution in [0.25, 0.3) is 0 Å². The molecule has 1 amide bonds. The van der Waals surface area contributed by atoms with Crippen LogP contribution in [0.1, 0.15) is 18.3 Å². The number of aromatic nitrogens is 1. The fourth-order valence-electron chi connectivity index (χ4n) is 1.45. The summed E-state index contributed by atoms with van der Waals surface area (Å²) in [6.07, 6.45) is 0.632. The van der Waals surface area contributed by atoms with E-state index < -0.39 is 0 Å². The lowest BCUT2D eigenvalue weighted by atomic mass is 10.1. The first kappa shape index (κ1) is 14.4. The maximum atomic E-state index is 11.5. The van der Waals surface area contributed by atoms with Gasteiger partial charge in [-0.25, -0.2) is 0 Å². The Hall–Kier alpha value is -1.62. The number of aryl methyl sites for hydroxylation is 1. The van der Waals surface area contributed by atoms with Crippen LogP contribution in [0.4, 0.5) is 0 Å². The predicted molar refractivity (Wildman–Crippen MR) is 70.5 cm³/mol. The van der Waals surface area contributed by atoms with Crippen molar-refractivity contribution in [1.82, 2.24) is 9.88 Å². The van der Waals surface area contributed by atoms with E-state index in [-0.39, 0.29) is 18.6 Å². The van der Waals surface area contributed by atoms with Crippen LogP contribution in [0, 0.1) is 6.92 Å². The molecule has 2 N–H and O–H groups in total. The van der Waals surface area contributed by atoms with Crippen LogP contribution in [0.3, 0.4) is 0 Å². The fraction of sp³-hybridized carbons (Fsp3) is 0.538. The Bertz CT molecular complexity index is 417. The maximum absolute atomic E-state index is 11.5. The smallest absolute Gasteiger partial charge is 0.259 e. The van der Waals surface area contributed by atoms with Crippen LogP contribution in [0.2, 0.25) is 0 Å². The molecule has 0 aromatic carbocycles. The quantitative estimate of drug-likeness (QED) is 0.838. The third kappa shape index (κ3) is 4.33. The number of likely N-dealkylation sites (N-methyl/N-ethyl adjacent to an activating group) is 1. The standard InChI is InChI=1S/C13H21N3O2/c1-9(14)7-11-12(6-5-10(2)15-11)18-8-13(17)16(3)4/h5-6,9H,7-8,14H2,1-4H3. The average molecular weight is 251 g/mol. The molecule has 0 saturated carbocycles. The van der Waals surface area contributed by atoms with Gasteiger partial charge in [-0.15, -0.1) is 0 Å². The summed E-state index contributed by atoms with van der Waals surface area (Å²) in [5, 5.41) is 0. The van der Waals surface area contributed by atoms with Crippen LogP contribution < -0.4 is 10.5 Å². The van der Waals surface area contributed by atoms with Crippen molar-refractivity contribution < 1.29 is 9.53 Å². The number of ether oxygens (including phenoxy) is 1. The number of rotatable bonds is 5. The molecule has 5 heteroatoms. The second-order valence-electron chi connectivity index (χ2n) is 4.66. The number of hydrogen-bond donors (Lipinski definition) is 1. The molecule has 1 heterocycles. The van der Waals surface area contributed by atoms with Gasteiger partial charge in [-0.1, -0.05) is 0 Å². The molecule has 5 nitrogen and oxygen atoms in total. The molecule has 100 valence electrons. The molecule has 0 saturated heterocycles. The molecule has 1 aromatic heterocycles. The molecule has 0 spiro atoms. The van der Waals surface area contributed by atoms with E-state index in [2.05, 4.69) is 4.98 Å². The van der Waals surface area contributed by atoms with E-state index >= 15 is 0 Å². The highest BCUT2D eigenvalue weighted by Gasteiger charge is 2.11. The number of nitrogens with zero attached hydrogens (tertiary/aromatic N) is 2. The van der Waals surface area contributed by atoms with Crippen molar-refractivity contribution in [3.63, 3.8) is 0 Å². The summed E-state index contributed by atoms with van der Waals surface area (Å²) in [6.45, 7) is 3.85. The second kappa shape index (κ2) is 6.35. The van der Waals surface area contributed by atoms with Gasteiger partial charge in [0.05, 0.1) is 5.69 Å². The fourth-order valence-corrected chi connectivity index (χ4v) is 1.45. The summed E-state index contributed by atoms with van der Waals surface area (Å²) in [4.78, 5) is 17.4. The zero-order valence-corrected chi connectivity index (χ0v) is 11.4. The van der Waals surface area contributed by atoms with Gasteiger partial charge in [0.2, 0.25) is 0 Å². The lowest BCUT2D eigenvalue weighted by Gasteiger charge is -2.14. The van der Waals surface area contributed by atoms with E-state index in [0.717, 1.165) is 11.4 Å². The summed E-state index contributed by atoms with van der Waals surface area (Å²) < 4.78 is 5.51. The topological polar surface area (TPSA) is 68.5 Å². The number of carbonyl (C=O) groups excluding carboxylic acids is 1. The molecule has 1 atom stereocenters. The van der Waals surface area contributed by atoms with Gasteiger partial charge in [-0.3, -0.25) is 9.78 Å². The summed E-state index contributed by atoms with van der Waals surface area (Å²) in [5.74, 6) is 0.551. The zero-order valence-electron chi connectivity index (χ0n) is 11.4. The van der Waals surface area contributed by atoms with Crippen molar-refractivity contribution in [3.05, 3.63) is 23.5 Å². The van der Waals surface area contributed by atoms with E-state index in [1.807, 2.05) is 26.0 Å². The van der Waals surface area contributed by atoms with Gasteiger partial charge >= 0.3 is 0 Å². The van der Waals surface area contributed by atoms with Crippen LogP contribution in [0.5, 0.6) is 5.75 Å². The van der Waals surface area contributed by atoms with Gasteiger partial charge in [0.15, 0.2) is 6.61 Å². The van der Waals surface area contributed by atoms with Crippen molar-refractivity contribution in [2.75, 3.05) is 20.7 Å². The minimum absolute atomic E-state index is 0.00574. The molecular weight excluding hydrogens is 230 g/mol. The number of hydrogen-bond acceptors (Lipinski definition) is 4. The highest BCUT2D eigenvalue weighted by Crippen LogP contribution is 2.18. The Morgan fingerprint density at radius 2 is 2.17 bits per heavy atom. The van der Waals surface area contributed by atoms with E-state index in [0.29, 0.717) is 12.2 Å². The van der Waals surface area contributed by atoms with Gasteiger partial charge in [-0.05, 0) is 26.0 Å². The van der Waals surface area contributed by atoms with E-state index in [4.69, 9.17) is 10.5 Å². The second-order valence-corrected chi connectivity index (χ2v) is 4.66. The number of pyridine rings is 1. The lowest BCUT2D eigenvalue weighted by molar-refractivity contribution is -0.130. The Balaban J connectivity index is 2.78. The lowest BCUT2D eigenvalue weighted by Crippen LogP contribution is -2.28. The average Bonchev–Trinajstić information content (AvgIpc) is 2.26. The number of carbonyl (C=O) groups is 1. The minimum Gasteiger partial charge on any atom is -0.482 e. The largest absolute Gasteiger partial charge is 0.482 e. The Morgan fingerprint density at radius 3 is 2.72 bits per heavy atom. The minimum atomic E-state index is -0.0812. The van der Waals surface area contributed by atoms with Crippen LogP contribution in [0.15, 0.2) is 12.1 Å². The van der Waals surface area contributed by atoms with Crippen LogP contribution in [-0.2, 0) is 11.2 Å². The van der Waals surface area contributed by atoms with E-state index in [1.54, 1.807) is 14.1 Å². The normalized spacial score (nSPS) is 12.1. The Kier molecular flexibility index (Phi) is 5.09. The molecule has 0 fully saturated rings. The molecule has 0 bridgehead atoms. The third-order valence-electron chi connectivity index (χ3n) is 2.44. The first-order chi connectivity index (χ1) is 8.40. The SMILES string of the molecule is Cc1ccc(OCC(=O)N(C)C)c(CC(C)N)n1. The molecule has 18 heavy (non-hydrogen) atoms. The molecule has 0 aliphatic carbocycles. The molecule has 1 rings (SSSR count). The zero-order chi connectivity index (χ0) is 13.7. The molecule has 0 radical (unpaired) electrons. The number of amides is 1. The molecule has 0 aliphatic heterocycles. The molecule has 0 aliphatic rings. The Morgan fingerprint density at radius 1 is 1.50 bits per heavy atom. The van der Waals surface area contributed by atoms with Crippen LogP contribution in [-0.4, -0.2) is 42.5 Å². The first-order valence-corrected chi connectivity index (χ1v) is 5.95. The van der Waals surface area contributed by atoms with Crippen molar-refractivity contribution in [2.24, 2.45) is 5.73 Å². The maximum Gasteiger partial charge on any atom is 0.259 e. The molecule has 1 aromatic rings. The van der Waals surface area contributed by atoms with Gasteiger partial charge in [0, 0.05) is 32.3 Å². The van der Waals surface area contributed by atoms with Crippen molar-refractivity contribution in [3.8, 4) is 5.75 Å². The highest BCUT2D eigenvalue weighted by atomic mass is 16.5. The van der Waals surface area contributed by atoms with E-state index in [1.165, 1.54) is 4.90 Å². The summed E-state index contributed by atoms with van der Waals surface area (Å²) >= 11 is 0. The Labute approximate surface area is 108 Å². The van der Waals surface area contributed by atoms with E-state index in [9.17, 15) is 4.79 Å². The molecular formula is C13H21N3O2.